The average molecular weight is 380 g/mol. The van der Waals surface area contributed by atoms with Crippen LogP contribution in [-0.2, 0) is 6.18 Å². The second-order valence-corrected chi connectivity index (χ2v) is 7.10. The lowest BCUT2D eigenvalue weighted by Crippen LogP contribution is -2.37. The molecule has 1 N–H and O–H groups in total. The minimum atomic E-state index is -4.52. The number of piperidine rings is 1. The number of aromatic amines is 1. The molecule has 0 bridgehead atoms. The van der Waals surface area contributed by atoms with E-state index in [9.17, 15) is 18.0 Å². The first kappa shape index (κ1) is 17.0. The van der Waals surface area contributed by atoms with Gasteiger partial charge in [0.1, 0.15) is 5.65 Å². The molecular weight excluding hydrogens is 365 g/mol. The maximum Gasteiger partial charge on any atom is 0.434 e. The summed E-state index contributed by atoms with van der Waals surface area (Å²) in [5.41, 5.74) is 1.00. The lowest BCUT2D eigenvalue weighted by Gasteiger charge is -2.31. The van der Waals surface area contributed by atoms with Crippen LogP contribution in [0.1, 0.15) is 39.8 Å². The van der Waals surface area contributed by atoms with E-state index in [2.05, 4.69) is 15.0 Å². The molecule has 1 amide bonds. The number of carbonyl (C=O) groups excluding carboxylic acids is 1. The number of hydrogen-bond donors (Lipinski definition) is 1. The number of halogens is 3. The molecule has 1 fully saturated rings. The number of aromatic nitrogens is 3. The van der Waals surface area contributed by atoms with Crippen molar-refractivity contribution in [1.29, 1.82) is 0 Å². The molecule has 0 spiro atoms. The number of likely N-dealkylation sites (tertiary alicyclic amines) is 1. The predicted molar refractivity (Wildman–Crippen MR) is 91.1 cm³/mol. The summed E-state index contributed by atoms with van der Waals surface area (Å²) in [5, 5.41) is 1.86. The van der Waals surface area contributed by atoms with E-state index in [1.165, 1.54) is 5.56 Å². The zero-order chi connectivity index (χ0) is 18.3. The molecule has 0 radical (unpaired) electrons. The molecule has 0 aliphatic carbocycles. The first-order chi connectivity index (χ1) is 12.4. The summed E-state index contributed by atoms with van der Waals surface area (Å²) in [7, 11) is 0. The van der Waals surface area contributed by atoms with E-state index in [4.69, 9.17) is 0 Å². The van der Waals surface area contributed by atoms with E-state index in [1.54, 1.807) is 11.1 Å². The van der Waals surface area contributed by atoms with E-state index in [0.717, 1.165) is 40.6 Å². The van der Waals surface area contributed by atoms with Crippen LogP contribution < -0.4 is 0 Å². The Morgan fingerprint density at radius 2 is 2.08 bits per heavy atom. The van der Waals surface area contributed by atoms with Crippen molar-refractivity contribution in [2.24, 2.45) is 0 Å². The average Bonchev–Trinajstić information content (AvgIpc) is 3.28. The topological polar surface area (TPSA) is 61.9 Å². The van der Waals surface area contributed by atoms with Gasteiger partial charge in [0.2, 0.25) is 0 Å². The highest BCUT2D eigenvalue weighted by molar-refractivity contribution is 7.11. The monoisotopic (exact) mass is 380 g/mol. The van der Waals surface area contributed by atoms with E-state index >= 15 is 0 Å². The maximum atomic E-state index is 12.7. The normalized spacial score (nSPS) is 16.3. The number of fused-ring (bicyclic) bond motifs is 1. The molecule has 0 unspecified atom stereocenters. The molecular formula is C17H15F3N4OS. The van der Waals surface area contributed by atoms with E-state index in [0.29, 0.717) is 19.0 Å². The van der Waals surface area contributed by atoms with Crippen LogP contribution in [0, 0.1) is 0 Å². The van der Waals surface area contributed by atoms with Gasteiger partial charge in [-0.25, -0.2) is 9.97 Å². The van der Waals surface area contributed by atoms with Gasteiger partial charge in [0, 0.05) is 36.2 Å². The van der Waals surface area contributed by atoms with E-state index < -0.39 is 17.8 Å². The second-order valence-electron chi connectivity index (χ2n) is 6.25. The molecule has 4 heterocycles. The molecule has 0 aromatic carbocycles. The van der Waals surface area contributed by atoms with Crippen LogP contribution in [0.4, 0.5) is 13.2 Å². The van der Waals surface area contributed by atoms with Gasteiger partial charge in [0.15, 0.2) is 10.7 Å². The molecule has 1 aliphatic heterocycles. The number of amides is 1. The Bertz CT molecular complexity index is 941. The van der Waals surface area contributed by atoms with Gasteiger partial charge in [0.25, 0.3) is 5.91 Å². The lowest BCUT2D eigenvalue weighted by molar-refractivity contribution is -0.140. The number of alkyl halides is 3. The van der Waals surface area contributed by atoms with Crippen molar-refractivity contribution in [2.75, 3.05) is 13.1 Å². The minimum absolute atomic E-state index is 0.105. The number of thiazole rings is 1. The molecule has 4 rings (SSSR count). The number of nitrogens with one attached hydrogen (secondary N) is 1. The van der Waals surface area contributed by atoms with Gasteiger partial charge in [-0.05, 0) is 36.5 Å². The smallest absolute Gasteiger partial charge is 0.346 e. The van der Waals surface area contributed by atoms with Crippen LogP contribution in [0.5, 0.6) is 0 Å². The number of nitrogens with zero attached hydrogens (tertiary/aromatic N) is 3. The molecule has 0 atom stereocenters. The quantitative estimate of drug-likeness (QED) is 0.729. The molecule has 136 valence electrons. The zero-order valence-electron chi connectivity index (χ0n) is 13.6. The summed E-state index contributed by atoms with van der Waals surface area (Å²) in [4.78, 5) is 24.9. The van der Waals surface area contributed by atoms with Gasteiger partial charge in [0.05, 0.1) is 0 Å². The van der Waals surface area contributed by atoms with Gasteiger partial charge in [-0.1, -0.05) is 0 Å². The van der Waals surface area contributed by atoms with Crippen molar-refractivity contribution in [1.82, 2.24) is 19.9 Å². The number of H-pyrrole nitrogens is 1. The maximum absolute atomic E-state index is 12.7. The van der Waals surface area contributed by atoms with Crippen molar-refractivity contribution in [2.45, 2.75) is 24.9 Å². The third-order valence-corrected chi connectivity index (χ3v) is 5.51. The van der Waals surface area contributed by atoms with Crippen LogP contribution in [0.15, 0.2) is 29.9 Å². The highest BCUT2D eigenvalue weighted by Gasteiger charge is 2.35. The van der Waals surface area contributed by atoms with Crippen molar-refractivity contribution in [3.05, 3.63) is 46.2 Å². The molecule has 1 aliphatic rings. The highest BCUT2D eigenvalue weighted by Crippen LogP contribution is 2.34. The Morgan fingerprint density at radius 3 is 2.77 bits per heavy atom. The van der Waals surface area contributed by atoms with Crippen molar-refractivity contribution < 1.29 is 18.0 Å². The van der Waals surface area contributed by atoms with Crippen LogP contribution in [0.25, 0.3) is 11.0 Å². The fourth-order valence-electron chi connectivity index (χ4n) is 3.35. The molecule has 5 nitrogen and oxygen atoms in total. The predicted octanol–water partition coefficient (Wildman–Crippen LogP) is 4.06. The summed E-state index contributed by atoms with van der Waals surface area (Å²) in [6, 6.07) is 3.90. The van der Waals surface area contributed by atoms with Crippen LogP contribution in [0.2, 0.25) is 0 Å². The summed E-state index contributed by atoms with van der Waals surface area (Å²) in [5.74, 6) is -0.136. The van der Waals surface area contributed by atoms with Crippen molar-refractivity contribution in [3.8, 4) is 0 Å². The van der Waals surface area contributed by atoms with Crippen LogP contribution in [-0.4, -0.2) is 38.8 Å². The minimum Gasteiger partial charge on any atom is -0.346 e. The summed E-state index contributed by atoms with van der Waals surface area (Å²) >= 11 is 0.743. The molecule has 26 heavy (non-hydrogen) atoms. The number of rotatable bonds is 2. The summed E-state index contributed by atoms with van der Waals surface area (Å²) < 4.78 is 38.0. The third kappa shape index (κ3) is 3.07. The molecule has 0 saturated carbocycles. The lowest BCUT2D eigenvalue weighted by atomic mass is 9.89. The van der Waals surface area contributed by atoms with Gasteiger partial charge < -0.3 is 9.88 Å². The van der Waals surface area contributed by atoms with Gasteiger partial charge in [-0.3, -0.25) is 4.79 Å². The Balaban J connectivity index is 1.45. The largest absolute Gasteiger partial charge is 0.434 e. The second kappa shape index (κ2) is 6.39. The number of hydrogen-bond acceptors (Lipinski definition) is 4. The number of pyridine rings is 1. The standard InChI is InChI=1S/C17H15F3N4OS/c18-17(19,20)13-9-26-15(23-13)16(25)24-6-3-10(4-7-24)12-8-22-14-11(12)2-1-5-21-14/h1-2,5,8-10H,3-4,6-7H2,(H,21,22). The Morgan fingerprint density at radius 1 is 1.31 bits per heavy atom. The Labute approximate surface area is 150 Å². The van der Waals surface area contributed by atoms with Crippen LogP contribution >= 0.6 is 11.3 Å². The zero-order valence-corrected chi connectivity index (χ0v) is 14.4. The van der Waals surface area contributed by atoms with Gasteiger partial charge >= 0.3 is 6.18 Å². The fourth-order valence-corrected chi connectivity index (χ4v) is 4.14. The van der Waals surface area contributed by atoms with E-state index in [-0.39, 0.29) is 5.01 Å². The number of carbonyl (C=O) groups is 1. The molecule has 3 aromatic rings. The van der Waals surface area contributed by atoms with Crippen LogP contribution in [0.3, 0.4) is 0 Å². The first-order valence-corrected chi connectivity index (χ1v) is 9.05. The van der Waals surface area contributed by atoms with Gasteiger partial charge in [-0.15, -0.1) is 11.3 Å². The highest BCUT2D eigenvalue weighted by atomic mass is 32.1. The fraction of sp³-hybridized carbons (Fsp3) is 0.353. The molecule has 3 aromatic heterocycles. The Hall–Kier alpha value is -2.42. The van der Waals surface area contributed by atoms with Crippen molar-refractivity contribution in [3.63, 3.8) is 0 Å². The van der Waals surface area contributed by atoms with Gasteiger partial charge in [-0.2, -0.15) is 13.2 Å². The Kier molecular flexibility index (Phi) is 4.18. The SMILES string of the molecule is O=C(c1nc(C(F)(F)F)cs1)N1CCC(c2c[nH]c3ncccc23)CC1. The third-order valence-electron chi connectivity index (χ3n) is 4.68. The van der Waals surface area contributed by atoms with Crippen molar-refractivity contribution >= 4 is 28.3 Å². The molecule has 1 saturated heterocycles. The molecule has 9 heteroatoms. The summed E-state index contributed by atoms with van der Waals surface area (Å²) in [6.45, 7) is 0.995. The van der Waals surface area contributed by atoms with E-state index in [1.807, 2.05) is 18.3 Å². The summed E-state index contributed by atoms with van der Waals surface area (Å²) in [6.07, 6.45) is 0.672. The first-order valence-electron chi connectivity index (χ1n) is 8.17.